The normalized spacial score (nSPS) is 11.2. The van der Waals surface area contributed by atoms with Crippen LogP contribution in [0.15, 0.2) is 97.1 Å². The van der Waals surface area contributed by atoms with E-state index in [4.69, 9.17) is 0 Å². The SMILES string of the molecule is Bc1ccc(-c2ccc3c(c2)c2ccccc2n3-c2ccccc2)cc1. The van der Waals surface area contributed by atoms with Crippen molar-refractivity contribution in [2.75, 3.05) is 0 Å². The monoisotopic (exact) mass is 331 g/mol. The fraction of sp³-hybridized carbons (Fsp3) is 0. The van der Waals surface area contributed by atoms with Crippen LogP contribution in [0.2, 0.25) is 0 Å². The first-order valence-electron chi connectivity index (χ1n) is 8.97. The minimum Gasteiger partial charge on any atom is -0.309 e. The van der Waals surface area contributed by atoms with Gasteiger partial charge in [0.05, 0.1) is 11.0 Å². The number of hydrogen-bond acceptors (Lipinski definition) is 0. The summed E-state index contributed by atoms with van der Waals surface area (Å²) in [5, 5.41) is 2.59. The number of fused-ring (bicyclic) bond motifs is 3. The predicted octanol–water partition coefficient (Wildman–Crippen LogP) is 4.71. The van der Waals surface area contributed by atoms with E-state index in [1.165, 1.54) is 44.1 Å². The molecule has 0 bridgehead atoms. The molecule has 0 fully saturated rings. The van der Waals surface area contributed by atoms with E-state index in [0.29, 0.717) is 0 Å². The highest BCUT2D eigenvalue weighted by molar-refractivity contribution is 6.32. The number of nitrogens with zero attached hydrogens (tertiary/aromatic N) is 1. The van der Waals surface area contributed by atoms with Crippen molar-refractivity contribution in [3.8, 4) is 16.8 Å². The largest absolute Gasteiger partial charge is 0.309 e. The zero-order valence-corrected chi connectivity index (χ0v) is 14.7. The quantitative estimate of drug-likeness (QED) is 0.413. The van der Waals surface area contributed by atoms with Gasteiger partial charge < -0.3 is 4.57 Å². The summed E-state index contributed by atoms with van der Waals surface area (Å²) in [5.74, 6) is 0. The lowest BCUT2D eigenvalue weighted by Gasteiger charge is -2.08. The van der Waals surface area contributed by atoms with Crippen LogP contribution in [-0.2, 0) is 0 Å². The van der Waals surface area contributed by atoms with Crippen LogP contribution in [0.1, 0.15) is 0 Å². The lowest BCUT2D eigenvalue weighted by molar-refractivity contribution is 1.18. The number of para-hydroxylation sites is 2. The van der Waals surface area contributed by atoms with Crippen LogP contribution in [0.25, 0.3) is 38.6 Å². The second kappa shape index (κ2) is 5.92. The van der Waals surface area contributed by atoms with E-state index in [-0.39, 0.29) is 0 Å². The molecule has 4 aromatic carbocycles. The Balaban J connectivity index is 1.82. The first-order valence-corrected chi connectivity index (χ1v) is 8.97. The summed E-state index contributed by atoms with van der Waals surface area (Å²) >= 11 is 0. The maximum absolute atomic E-state index is 2.35. The molecule has 5 aromatic rings. The van der Waals surface area contributed by atoms with Crippen molar-refractivity contribution in [1.29, 1.82) is 0 Å². The Labute approximate surface area is 153 Å². The fourth-order valence-corrected chi connectivity index (χ4v) is 3.75. The van der Waals surface area contributed by atoms with Gasteiger partial charge >= 0.3 is 0 Å². The van der Waals surface area contributed by atoms with Gasteiger partial charge in [0.15, 0.2) is 0 Å². The molecule has 0 aliphatic carbocycles. The van der Waals surface area contributed by atoms with E-state index < -0.39 is 0 Å². The van der Waals surface area contributed by atoms with E-state index >= 15 is 0 Å². The highest BCUT2D eigenvalue weighted by atomic mass is 15.0. The summed E-state index contributed by atoms with van der Waals surface area (Å²) in [6, 6.07) is 34.8. The van der Waals surface area contributed by atoms with Crippen molar-refractivity contribution in [2.45, 2.75) is 0 Å². The molecule has 122 valence electrons. The third kappa shape index (κ3) is 2.34. The van der Waals surface area contributed by atoms with Crippen molar-refractivity contribution in [1.82, 2.24) is 4.57 Å². The van der Waals surface area contributed by atoms with E-state index in [1.54, 1.807) is 0 Å². The molecule has 1 nitrogen and oxygen atoms in total. The Hall–Kier alpha value is -3.26. The van der Waals surface area contributed by atoms with Crippen molar-refractivity contribution in [2.24, 2.45) is 0 Å². The van der Waals surface area contributed by atoms with Gasteiger partial charge in [-0.25, -0.2) is 0 Å². The first kappa shape index (κ1) is 15.0. The predicted molar refractivity (Wildman–Crippen MR) is 114 cm³/mol. The Bertz CT molecular complexity index is 1220. The molecule has 0 radical (unpaired) electrons. The Morgan fingerprint density at radius 3 is 2.00 bits per heavy atom. The van der Waals surface area contributed by atoms with Gasteiger partial charge in [-0.3, -0.25) is 0 Å². The molecule has 1 aromatic heterocycles. The van der Waals surface area contributed by atoms with Gasteiger partial charge in [0, 0.05) is 16.5 Å². The fourth-order valence-electron chi connectivity index (χ4n) is 3.75. The highest BCUT2D eigenvalue weighted by Crippen LogP contribution is 2.34. The minimum absolute atomic E-state index is 1.20. The molecule has 0 saturated heterocycles. The summed E-state index contributed by atoms with van der Waals surface area (Å²) < 4.78 is 2.35. The van der Waals surface area contributed by atoms with E-state index in [9.17, 15) is 0 Å². The van der Waals surface area contributed by atoms with Gasteiger partial charge in [-0.2, -0.15) is 0 Å². The first-order chi connectivity index (χ1) is 12.8. The molecule has 1 heterocycles. The summed E-state index contributed by atoms with van der Waals surface area (Å²) in [6.45, 7) is 0. The molecular weight excluding hydrogens is 313 g/mol. The molecule has 26 heavy (non-hydrogen) atoms. The lowest BCUT2D eigenvalue weighted by atomic mass is 9.93. The average molecular weight is 331 g/mol. The van der Waals surface area contributed by atoms with Crippen LogP contribution < -0.4 is 5.46 Å². The standard InChI is InChI=1S/C24H18BN/c25-19-13-10-17(11-14-19)18-12-15-24-22(16-18)21-8-4-5-9-23(21)26(24)20-6-2-1-3-7-20/h1-16H,25H2. The molecule has 0 amide bonds. The smallest absolute Gasteiger partial charge is 0.139 e. The summed E-state index contributed by atoms with van der Waals surface area (Å²) in [5.41, 5.74) is 7.49. The van der Waals surface area contributed by atoms with E-state index in [2.05, 4.69) is 109 Å². The van der Waals surface area contributed by atoms with Gasteiger partial charge in [-0.05, 0) is 41.5 Å². The second-order valence-corrected chi connectivity index (χ2v) is 6.79. The van der Waals surface area contributed by atoms with Crippen LogP contribution in [-0.4, -0.2) is 12.4 Å². The molecule has 0 aliphatic heterocycles. The van der Waals surface area contributed by atoms with Crippen molar-refractivity contribution in [3.05, 3.63) is 97.1 Å². The molecule has 5 rings (SSSR count). The highest BCUT2D eigenvalue weighted by Gasteiger charge is 2.12. The molecule has 0 saturated carbocycles. The summed E-state index contributed by atoms with van der Waals surface area (Å²) in [7, 11) is 2.13. The molecule has 0 atom stereocenters. The van der Waals surface area contributed by atoms with Crippen LogP contribution in [0.4, 0.5) is 0 Å². The van der Waals surface area contributed by atoms with Crippen LogP contribution in [0, 0.1) is 0 Å². The Kier molecular flexibility index (Phi) is 3.43. The number of hydrogen-bond donors (Lipinski definition) is 0. The maximum Gasteiger partial charge on any atom is 0.139 e. The molecule has 0 unspecified atom stereocenters. The van der Waals surface area contributed by atoms with E-state index in [1.807, 2.05) is 0 Å². The number of rotatable bonds is 2. The average Bonchev–Trinajstić information content (AvgIpc) is 3.03. The van der Waals surface area contributed by atoms with Gasteiger partial charge in [0.2, 0.25) is 0 Å². The summed E-state index contributed by atoms with van der Waals surface area (Å²) in [6.07, 6.45) is 0. The Morgan fingerprint density at radius 1 is 0.538 bits per heavy atom. The van der Waals surface area contributed by atoms with Crippen LogP contribution in [0.3, 0.4) is 0 Å². The molecule has 0 aliphatic rings. The topological polar surface area (TPSA) is 4.93 Å². The van der Waals surface area contributed by atoms with Gasteiger partial charge in [0.1, 0.15) is 7.85 Å². The lowest BCUT2D eigenvalue weighted by Crippen LogP contribution is -1.99. The third-order valence-electron chi connectivity index (χ3n) is 5.07. The van der Waals surface area contributed by atoms with E-state index in [0.717, 1.165) is 0 Å². The molecule has 0 spiro atoms. The number of aromatic nitrogens is 1. The van der Waals surface area contributed by atoms with Crippen molar-refractivity contribution < 1.29 is 0 Å². The van der Waals surface area contributed by atoms with Gasteiger partial charge in [-0.15, -0.1) is 0 Å². The van der Waals surface area contributed by atoms with Gasteiger partial charge in [-0.1, -0.05) is 72.2 Å². The number of benzene rings is 4. The van der Waals surface area contributed by atoms with Crippen molar-refractivity contribution in [3.63, 3.8) is 0 Å². The Morgan fingerprint density at radius 2 is 1.19 bits per heavy atom. The third-order valence-corrected chi connectivity index (χ3v) is 5.07. The zero-order valence-electron chi connectivity index (χ0n) is 14.7. The molecular formula is C24H18BN. The maximum atomic E-state index is 2.35. The van der Waals surface area contributed by atoms with Gasteiger partial charge in [0.25, 0.3) is 0 Å². The minimum atomic E-state index is 1.20. The van der Waals surface area contributed by atoms with Crippen LogP contribution >= 0.6 is 0 Å². The summed E-state index contributed by atoms with van der Waals surface area (Å²) in [4.78, 5) is 0. The van der Waals surface area contributed by atoms with Crippen molar-refractivity contribution >= 4 is 35.1 Å². The molecule has 0 N–H and O–H groups in total. The molecule has 2 heteroatoms. The zero-order chi connectivity index (χ0) is 17.5. The van der Waals surface area contributed by atoms with Crippen LogP contribution in [0.5, 0.6) is 0 Å². The second-order valence-electron chi connectivity index (χ2n) is 6.79.